The largest absolute Gasteiger partial charge is 0.497 e. The van der Waals surface area contributed by atoms with Crippen LogP contribution in [0.5, 0.6) is 5.75 Å². The Morgan fingerprint density at radius 1 is 0.707 bits per heavy atom. The lowest BCUT2D eigenvalue weighted by molar-refractivity contribution is 0.0402. The summed E-state index contributed by atoms with van der Waals surface area (Å²) in [5.41, 5.74) is 1.92. The third kappa shape index (κ3) is 21.9. The first kappa shape index (κ1) is 63.2. The molecule has 0 spiro atoms. The van der Waals surface area contributed by atoms with Crippen LogP contribution in [0.25, 0.3) is 0 Å². The third-order valence-electron chi connectivity index (χ3n) is 11.7. The molecule has 6 N–H and O–H groups in total. The summed E-state index contributed by atoms with van der Waals surface area (Å²) in [5, 5.41) is 45.7. The summed E-state index contributed by atoms with van der Waals surface area (Å²) in [6.45, 7) is 7.68. The Morgan fingerprint density at radius 2 is 1.15 bits per heavy atom. The van der Waals surface area contributed by atoms with E-state index in [0.717, 1.165) is 16.7 Å². The van der Waals surface area contributed by atoms with E-state index in [0.29, 0.717) is 63.9 Å². The van der Waals surface area contributed by atoms with Gasteiger partial charge < -0.3 is 45.3 Å². The molecule has 1 aliphatic heterocycles. The number of aryl methyl sites for hydroxylation is 1. The van der Waals surface area contributed by atoms with Crippen LogP contribution in [0.4, 0.5) is 9.59 Å². The molecule has 4 aromatic carbocycles. The number of nitrogens with zero attached hydrogens (tertiary/aromatic N) is 4. The molecular weight excluding hydrogens is 1000 g/mol. The van der Waals surface area contributed by atoms with E-state index in [4.69, 9.17) is 29.5 Å². The minimum absolute atomic E-state index is 0. The standard InChI is InChI=1S/C27H35N3O6S.C27H37N3O6S.H2O/c1-21-10-12-24(13-11-21)37(33,34)30(16-7-3-6-15-28)19-26(31)25(18-22-8-4-2-5-9-22)29-27(32)36-23-14-17-35-20-23;1-27(2,3)36-26(32)29-24(19-21-11-7-5-8-12-21)25(31)20-30(18-10-6-9-17-28)37(33,34)23-15-13-22(35-4)14-16-23;/h2,4-5,8-13,23,25-26,31H,3,6-7,14,16-20H2,1H3,(H,29,32);5,7-8,11-16,24-25,31H,6,9-10,18-20H2,1-4H3,(H,29,32);1H2/t23?,25-,26?;24-,25?;/m00./s1. The lowest BCUT2D eigenvalue weighted by Gasteiger charge is -2.30. The number of methoxy groups -OCH3 is 1. The molecular formula is C54H74N6O13S2. The monoisotopic (exact) mass is 1080 g/mol. The number of carbonyl (C=O) groups is 2. The van der Waals surface area contributed by atoms with Gasteiger partial charge in [-0.05, 0) is 114 Å². The van der Waals surface area contributed by atoms with Crippen molar-refractivity contribution in [1.29, 1.82) is 10.5 Å². The number of sulfonamides is 2. The number of hydrogen-bond donors (Lipinski definition) is 4. The van der Waals surface area contributed by atoms with Gasteiger partial charge in [-0.1, -0.05) is 78.4 Å². The number of aliphatic hydroxyl groups is 2. The number of benzene rings is 4. The molecule has 2 amide bonds. The van der Waals surface area contributed by atoms with Crippen molar-refractivity contribution in [1.82, 2.24) is 19.2 Å². The predicted octanol–water partition coefficient (Wildman–Crippen LogP) is 6.22. The fourth-order valence-electron chi connectivity index (χ4n) is 7.74. The maximum absolute atomic E-state index is 13.5. The lowest BCUT2D eigenvalue weighted by atomic mass is 10.0. The molecule has 1 aliphatic rings. The molecule has 0 bridgehead atoms. The Hall–Kier alpha value is -6.14. The number of alkyl carbamates (subject to hydrolysis) is 2. The molecule has 75 heavy (non-hydrogen) atoms. The normalized spacial score (nSPS) is 15.1. The molecule has 5 rings (SSSR count). The SMILES string of the molecule is COc1ccc(S(=O)(=O)N(CCCCC#N)CC(O)[C@H](Cc2ccccc2)NC(=O)OC(C)(C)C)cc1.Cc1ccc(S(=O)(=O)N(CCCCC#N)CC(O)[C@H](Cc2ccccc2)NC(=O)OC2CCOC2)cc1.O. The fraction of sp³-hybridized carbons (Fsp3) is 0.481. The number of hydrogen-bond acceptors (Lipinski definition) is 14. The number of rotatable bonds is 26. The minimum Gasteiger partial charge on any atom is -0.497 e. The number of nitrogens with one attached hydrogen (secondary N) is 2. The van der Waals surface area contributed by atoms with Gasteiger partial charge >= 0.3 is 12.2 Å². The van der Waals surface area contributed by atoms with Crippen LogP contribution in [0, 0.1) is 29.6 Å². The van der Waals surface area contributed by atoms with Crippen molar-refractivity contribution in [2.24, 2.45) is 0 Å². The van der Waals surface area contributed by atoms with Crippen LogP contribution in [0.3, 0.4) is 0 Å². The minimum atomic E-state index is -3.98. The zero-order chi connectivity index (χ0) is 54.2. The van der Waals surface area contributed by atoms with Gasteiger partial charge in [-0.25, -0.2) is 26.4 Å². The van der Waals surface area contributed by atoms with Gasteiger partial charge in [0.25, 0.3) is 0 Å². The van der Waals surface area contributed by atoms with Crippen LogP contribution in [-0.4, -0.2) is 136 Å². The topological polar surface area (TPSA) is 289 Å². The molecule has 410 valence electrons. The third-order valence-corrected chi connectivity index (χ3v) is 15.5. The van der Waals surface area contributed by atoms with Gasteiger partial charge in [-0.15, -0.1) is 0 Å². The van der Waals surface area contributed by atoms with Crippen LogP contribution in [0.1, 0.15) is 82.4 Å². The van der Waals surface area contributed by atoms with Gasteiger partial charge in [0.2, 0.25) is 20.0 Å². The van der Waals surface area contributed by atoms with Crippen molar-refractivity contribution in [2.45, 2.75) is 131 Å². The van der Waals surface area contributed by atoms with E-state index in [-0.39, 0.29) is 60.4 Å². The van der Waals surface area contributed by atoms with Gasteiger partial charge in [0.15, 0.2) is 0 Å². The summed E-state index contributed by atoms with van der Waals surface area (Å²) in [6, 6.07) is 33.7. The molecule has 3 unspecified atom stereocenters. The van der Waals surface area contributed by atoms with Crippen molar-refractivity contribution >= 4 is 32.2 Å². The van der Waals surface area contributed by atoms with Gasteiger partial charge in [0, 0.05) is 45.4 Å². The quantitative estimate of drug-likeness (QED) is 0.0508. The second kappa shape index (κ2) is 31.7. The predicted molar refractivity (Wildman–Crippen MR) is 282 cm³/mol. The van der Waals surface area contributed by atoms with E-state index in [1.54, 1.807) is 57.2 Å². The highest BCUT2D eigenvalue weighted by Crippen LogP contribution is 2.23. The Kier molecular flexibility index (Phi) is 26.7. The first-order chi connectivity index (χ1) is 35.2. The zero-order valence-electron chi connectivity index (χ0n) is 43.5. The number of amides is 2. The average Bonchev–Trinajstić information content (AvgIpc) is 3.88. The molecule has 1 heterocycles. The number of carbonyl (C=O) groups excluding carboxylic acids is 2. The molecule has 0 radical (unpaired) electrons. The average molecular weight is 1080 g/mol. The number of unbranched alkanes of at least 4 members (excludes halogenated alkanes) is 4. The summed E-state index contributed by atoms with van der Waals surface area (Å²) >= 11 is 0. The van der Waals surface area contributed by atoms with Gasteiger partial charge in [0.1, 0.15) is 17.5 Å². The molecule has 0 aromatic heterocycles. The van der Waals surface area contributed by atoms with E-state index >= 15 is 0 Å². The Morgan fingerprint density at radius 3 is 1.55 bits per heavy atom. The number of ether oxygens (including phenoxy) is 4. The Balaban J connectivity index is 0.000000390. The van der Waals surface area contributed by atoms with Crippen molar-refractivity contribution in [3.8, 4) is 17.9 Å². The molecule has 0 saturated carbocycles. The second-order valence-corrected chi connectivity index (χ2v) is 22.7. The number of nitriles is 2. The van der Waals surface area contributed by atoms with Crippen molar-refractivity contribution in [3.63, 3.8) is 0 Å². The van der Waals surface area contributed by atoms with E-state index < -0.39 is 62.1 Å². The highest BCUT2D eigenvalue weighted by Gasteiger charge is 2.34. The van der Waals surface area contributed by atoms with Crippen LogP contribution >= 0.6 is 0 Å². The van der Waals surface area contributed by atoms with Gasteiger partial charge in [0.05, 0.1) is 66.5 Å². The van der Waals surface area contributed by atoms with Gasteiger partial charge in [-0.2, -0.15) is 19.1 Å². The van der Waals surface area contributed by atoms with Crippen molar-refractivity contribution < 1.29 is 61.1 Å². The lowest BCUT2D eigenvalue weighted by Crippen LogP contribution is -2.51. The molecule has 5 atom stereocenters. The Bertz CT molecular complexity index is 2620. The summed E-state index contributed by atoms with van der Waals surface area (Å²) in [5.74, 6) is 0.518. The zero-order valence-corrected chi connectivity index (χ0v) is 45.1. The first-order valence-electron chi connectivity index (χ1n) is 24.7. The smallest absolute Gasteiger partial charge is 0.407 e. The van der Waals surface area contributed by atoms with Crippen LogP contribution in [0.2, 0.25) is 0 Å². The second-order valence-electron chi connectivity index (χ2n) is 18.9. The molecule has 0 aliphatic carbocycles. The molecule has 19 nitrogen and oxygen atoms in total. The Labute approximate surface area is 442 Å². The first-order valence-corrected chi connectivity index (χ1v) is 27.6. The maximum Gasteiger partial charge on any atom is 0.407 e. The highest BCUT2D eigenvalue weighted by atomic mass is 32.2. The fourth-order valence-corrected chi connectivity index (χ4v) is 10.7. The molecule has 1 fully saturated rings. The van der Waals surface area contributed by atoms with E-state index in [1.165, 1.54) is 27.9 Å². The van der Waals surface area contributed by atoms with Crippen LogP contribution in [0.15, 0.2) is 119 Å². The van der Waals surface area contributed by atoms with Crippen molar-refractivity contribution in [3.05, 3.63) is 126 Å². The van der Waals surface area contributed by atoms with Crippen LogP contribution < -0.4 is 15.4 Å². The summed E-state index contributed by atoms with van der Waals surface area (Å²) in [4.78, 5) is 25.4. The van der Waals surface area contributed by atoms with Gasteiger partial charge in [-0.3, -0.25) is 0 Å². The van der Waals surface area contributed by atoms with Crippen molar-refractivity contribution in [2.75, 3.05) is 46.5 Å². The van der Waals surface area contributed by atoms with E-state index in [2.05, 4.69) is 22.8 Å². The van der Waals surface area contributed by atoms with Crippen LogP contribution in [-0.2, 0) is 47.1 Å². The summed E-state index contributed by atoms with van der Waals surface area (Å²) in [7, 11) is -6.41. The number of aliphatic hydroxyl groups excluding tert-OH is 2. The molecule has 4 aromatic rings. The summed E-state index contributed by atoms with van der Waals surface area (Å²) in [6.07, 6.45) is -0.464. The highest BCUT2D eigenvalue weighted by molar-refractivity contribution is 7.89. The summed E-state index contributed by atoms with van der Waals surface area (Å²) < 4.78 is 77.7. The molecule has 21 heteroatoms. The van der Waals surface area contributed by atoms with E-state index in [1.807, 2.05) is 67.6 Å². The van der Waals surface area contributed by atoms with E-state index in [9.17, 15) is 36.6 Å². The maximum atomic E-state index is 13.5. The molecule has 1 saturated heterocycles.